The van der Waals surface area contributed by atoms with Crippen molar-refractivity contribution in [3.8, 4) is 11.5 Å². The zero-order valence-electron chi connectivity index (χ0n) is 13.7. The van der Waals surface area contributed by atoms with E-state index in [0.29, 0.717) is 6.04 Å². The summed E-state index contributed by atoms with van der Waals surface area (Å²) in [6.45, 7) is 3.20. The Morgan fingerprint density at radius 3 is 2.38 bits per heavy atom. The van der Waals surface area contributed by atoms with Gasteiger partial charge in [-0.2, -0.15) is 0 Å². The predicted octanol–water partition coefficient (Wildman–Crippen LogP) is 4.15. The fourth-order valence-electron chi connectivity index (χ4n) is 3.32. The summed E-state index contributed by atoms with van der Waals surface area (Å²) in [5, 5.41) is 3.69. The SMILES string of the molecule is CCCC1CCC(NCc2ccc(OC)c(OC)c2)CC1. The van der Waals surface area contributed by atoms with Gasteiger partial charge in [-0.25, -0.2) is 0 Å². The van der Waals surface area contributed by atoms with Gasteiger partial charge in [0.05, 0.1) is 14.2 Å². The van der Waals surface area contributed by atoms with E-state index in [0.717, 1.165) is 24.0 Å². The molecule has 1 N–H and O–H groups in total. The van der Waals surface area contributed by atoms with Crippen molar-refractivity contribution in [2.45, 2.75) is 58.0 Å². The molecule has 0 saturated heterocycles. The Labute approximate surface area is 129 Å². The molecule has 0 radical (unpaired) electrons. The van der Waals surface area contributed by atoms with Crippen LogP contribution in [0.5, 0.6) is 11.5 Å². The van der Waals surface area contributed by atoms with Gasteiger partial charge in [-0.05, 0) is 49.3 Å². The molecule has 3 nitrogen and oxygen atoms in total. The van der Waals surface area contributed by atoms with E-state index in [-0.39, 0.29) is 0 Å². The minimum atomic E-state index is 0.672. The molecule has 0 heterocycles. The van der Waals surface area contributed by atoms with Gasteiger partial charge in [0.1, 0.15) is 0 Å². The van der Waals surface area contributed by atoms with Crippen molar-refractivity contribution >= 4 is 0 Å². The Morgan fingerprint density at radius 2 is 1.76 bits per heavy atom. The minimum absolute atomic E-state index is 0.672. The van der Waals surface area contributed by atoms with Crippen LogP contribution < -0.4 is 14.8 Å². The highest BCUT2D eigenvalue weighted by atomic mass is 16.5. The number of benzene rings is 1. The first-order valence-corrected chi connectivity index (χ1v) is 8.21. The second-order valence-electron chi connectivity index (χ2n) is 6.08. The van der Waals surface area contributed by atoms with E-state index in [2.05, 4.69) is 24.4 Å². The average molecular weight is 291 g/mol. The van der Waals surface area contributed by atoms with Crippen LogP contribution in [0.25, 0.3) is 0 Å². The molecule has 0 unspecified atom stereocenters. The van der Waals surface area contributed by atoms with Crippen LogP contribution >= 0.6 is 0 Å². The van der Waals surface area contributed by atoms with Crippen LogP contribution in [0.15, 0.2) is 18.2 Å². The fraction of sp³-hybridized carbons (Fsp3) is 0.667. The smallest absolute Gasteiger partial charge is 0.161 e. The topological polar surface area (TPSA) is 30.5 Å². The van der Waals surface area contributed by atoms with Crippen molar-refractivity contribution in [3.63, 3.8) is 0 Å². The number of hydrogen-bond donors (Lipinski definition) is 1. The van der Waals surface area contributed by atoms with Gasteiger partial charge in [0.2, 0.25) is 0 Å². The van der Waals surface area contributed by atoms with E-state index < -0.39 is 0 Å². The largest absolute Gasteiger partial charge is 0.493 e. The van der Waals surface area contributed by atoms with Gasteiger partial charge in [0.15, 0.2) is 11.5 Å². The second-order valence-corrected chi connectivity index (χ2v) is 6.08. The van der Waals surface area contributed by atoms with Gasteiger partial charge in [0, 0.05) is 12.6 Å². The van der Waals surface area contributed by atoms with Crippen molar-refractivity contribution in [3.05, 3.63) is 23.8 Å². The maximum atomic E-state index is 5.36. The van der Waals surface area contributed by atoms with E-state index >= 15 is 0 Å². The van der Waals surface area contributed by atoms with E-state index in [4.69, 9.17) is 9.47 Å². The lowest BCUT2D eigenvalue weighted by molar-refractivity contribution is 0.277. The van der Waals surface area contributed by atoms with Crippen LogP contribution in [-0.2, 0) is 6.54 Å². The standard InChI is InChI=1S/C18H29NO2/c1-4-5-14-6-9-16(10-7-14)19-13-15-8-11-17(20-2)18(12-15)21-3/h8,11-12,14,16,19H,4-7,9-10,13H2,1-3H3. The van der Waals surface area contributed by atoms with Crippen molar-refractivity contribution < 1.29 is 9.47 Å². The van der Waals surface area contributed by atoms with Crippen LogP contribution in [0.3, 0.4) is 0 Å². The molecule has 1 aromatic carbocycles. The first-order chi connectivity index (χ1) is 10.3. The Kier molecular flexibility index (Phi) is 6.37. The number of hydrogen-bond acceptors (Lipinski definition) is 3. The molecule has 0 spiro atoms. The van der Waals surface area contributed by atoms with Crippen molar-refractivity contribution in [2.24, 2.45) is 5.92 Å². The molecule has 1 aromatic rings. The van der Waals surface area contributed by atoms with Crippen LogP contribution in [0.1, 0.15) is 51.0 Å². The highest BCUT2D eigenvalue weighted by Crippen LogP contribution is 2.29. The average Bonchev–Trinajstić information content (AvgIpc) is 2.54. The lowest BCUT2D eigenvalue weighted by atomic mass is 9.83. The monoisotopic (exact) mass is 291 g/mol. The molecule has 1 fully saturated rings. The molecule has 1 aliphatic carbocycles. The van der Waals surface area contributed by atoms with E-state index in [1.807, 2.05) is 6.07 Å². The third kappa shape index (κ3) is 4.63. The zero-order valence-corrected chi connectivity index (χ0v) is 13.7. The molecule has 0 atom stereocenters. The van der Waals surface area contributed by atoms with Gasteiger partial charge < -0.3 is 14.8 Å². The van der Waals surface area contributed by atoms with E-state index in [1.54, 1.807) is 14.2 Å². The third-order valence-corrected chi connectivity index (χ3v) is 4.59. The summed E-state index contributed by atoms with van der Waals surface area (Å²) in [6.07, 6.45) is 8.14. The van der Waals surface area contributed by atoms with E-state index in [9.17, 15) is 0 Å². The van der Waals surface area contributed by atoms with Crippen molar-refractivity contribution in [1.29, 1.82) is 0 Å². The highest BCUT2D eigenvalue weighted by Gasteiger charge is 2.20. The second kappa shape index (κ2) is 8.28. The lowest BCUT2D eigenvalue weighted by Gasteiger charge is -2.29. The van der Waals surface area contributed by atoms with Gasteiger partial charge >= 0.3 is 0 Å². The molecule has 3 heteroatoms. The summed E-state index contributed by atoms with van der Waals surface area (Å²) in [5.74, 6) is 2.57. The third-order valence-electron chi connectivity index (χ3n) is 4.59. The molecule has 0 amide bonds. The maximum absolute atomic E-state index is 5.36. The molecule has 2 rings (SSSR count). The van der Waals surface area contributed by atoms with Crippen molar-refractivity contribution in [1.82, 2.24) is 5.32 Å². The molecule has 0 aromatic heterocycles. The number of methoxy groups -OCH3 is 2. The summed E-state index contributed by atoms with van der Waals surface area (Å²) in [7, 11) is 3.36. The molecule has 1 aliphatic rings. The fourth-order valence-corrected chi connectivity index (χ4v) is 3.32. The number of nitrogens with one attached hydrogen (secondary N) is 1. The molecule has 118 valence electrons. The Bertz CT molecular complexity index is 425. The first kappa shape index (κ1) is 16.2. The van der Waals surface area contributed by atoms with Crippen LogP contribution in [-0.4, -0.2) is 20.3 Å². The van der Waals surface area contributed by atoms with Crippen LogP contribution in [0, 0.1) is 5.92 Å². The summed E-state index contributed by atoms with van der Waals surface area (Å²) < 4.78 is 10.6. The molecule has 0 aliphatic heterocycles. The highest BCUT2D eigenvalue weighted by molar-refractivity contribution is 5.42. The summed E-state index contributed by atoms with van der Waals surface area (Å²) in [4.78, 5) is 0. The number of rotatable bonds is 7. The van der Waals surface area contributed by atoms with Crippen LogP contribution in [0.2, 0.25) is 0 Å². The van der Waals surface area contributed by atoms with E-state index in [1.165, 1.54) is 44.1 Å². The quantitative estimate of drug-likeness (QED) is 0.818. The first-order valence-electron chi connectivity index (χ1n) is 8.21. The van der Waals surface area contributed by atoms with Crippen LogP contribution in [0.4, 0.5) is 0 Å². The Morgan fingerprint density at radius 1 is 1.05 bits per heavy atom. The van der Waals surface area contributed by atoms with Gasteiger partial charge in [-0.1, -0.05) is 25.8 Å². The lowest BCUT2D eigenvalue weighted by Crippen LogP contribution is -2.32. The Hall–Kier alpha value is -1.22. The van der Waals surface area contributed by atoms with Crippen molar-refractivity contribution in [2.75, 3.05) is 14.2 Å². The zero-order chi connectivity index (χ0) is 15.1. The molecular formula is C18H29NO2. The summed E-state index contributed by atoms with van der Waals surface area (Å²) in [5.41, 5.74) is 1.25. The molecule has 0 bridgehead atoms. The normalized spacial score (nSPS) is 22.0. The molecule has 21 heavy (non-hydrogen) atoms. The molecule has 1 saturated carbocycles. The van der Waals surface area contributed by atoms with Gasteiger partial charge in [-0.15, -0.1) is 0 Å². The minimum Gasteiger partial charge on any atom is -0.493 e. The van der Waals surface area contributed by atoms with Gasteiger partial charge in [0.25, 0.3) is 0 Å². The summed E-state index contributed by atoms with van der Waals surface area (Å²) in [6, 6.07) is 6.82. The molecular weight excluding hydrogens is 262 g/mol. The summed E-state index contributed by atoms with van der Waals surface area (Å²) >= 11 is 0. The number of ether oxygens (including phenoxy) is 2. The Balaban J connectivity index is 1.81. The predicted molar refractivity (Wildman–Crippen MR) is 87.0 cm³/mol. The maximum Gasteiger partial charge on any atom is 0.161 e. The van der Waals surface area contributed by atoms with Gasteiger partial charge in [-0.3, -0.25) is 0 Å².